The van der Waals surface area contributed by atoms with Gasteiger partial charge < -0.3 is 10.6 Å². The second-order valence-electron chi connectivity index (χ2n) is 7.45. The molecule has 3 fully saturated rings. The molecule has 1 saturated heterocycles. The Morgan fingerprint density at radius 3 is 2.39 bits per heavy atom. The fraction of sp³-hybridized carbons (Fsp3) is 0.938. The number of fused-ring (bicyclic) bond motifs is 1. The molecule has 1 amide bonds. The number of hydrogen-bond acceptors (Lipinski definition) is 4. The van der Waals surface area contributed by atoms with E-state index in [0.717, 1.165) is 24.7 Å². The van der Waals surface area contributed by atoms with Crippen LogP contribution in [-0.2, 0) is 14.6 Å². The molecular weight excluding hydrogens is 336 g/mol. The van der Waals surface area contributed by atoms with Crippen LogP contribution >= 0.6 is 12.4 Å². The van der Waals surface area contributed by atoms with Gasteiger partial charge in [-0.05, 0) is 57.0 Å². The van der Waals surface area contributed by atoms with Crippen LogP contribution in [0, 0.1) is 11.8 Å². The second-order valence-corrected chi connectivity index (χ2v) is 9.78. The van der Waals surface area contributed by atoms with E-state index in [4.69, 9.17) is 0 Å². The quantitative estimate of drug-likeness (QED) is 0.798. The normalized spacial score (nSPS) is 33.3. The first-order valence-corrected chi connectivity index (χ1v) is 10.5. The minimum absolute atomic E-state index is 0. The molecule has 0 spiro atoms. The second kappa shape index (κ2) is 7.28. The molecule has 23 heavy (non-hydrogen) atoms. The standard InChI is InChI=1S/C16H28N2O3S.ClH/c1-22(20,21)16(7-9-17-10-8-16)15(19)18-14-6-5-12-3-2-4-13(12)11-14;/h12-14,17H,2-11H2,1H3,(H,18,19);1H. The number of carbonyl (C=O) groups is 1. The lowest BCUT2D eigenvalue weighted by molar-refractivity contribution is -0.125. The number of halogens is 1. The maximum Gasteiger partial charge on any atom is 0.241 e. The Morgan fingerprint density at radius 1 is 1.09 bits per heavy atom. The van der Waals surface area contributed by atoms with Gasteiger partial charge in [0.1, 0.15) is 0 Å². The minimum atomic E-state index is -3.41. The Balaban J connectivity index is 0.00000192. The van der Waals surface area contributed by atoms with Crippen molar-refractivity contribution in [1.29, 1.82) is 0 Å². The molecule has 7 heteroatoms. The number of sulfone groups is 1. The molecule has 0 aromatic rings. The predicted octanol–water partition coefficient (Wildman–Crippen LogP) is 1.66. The summed E-state index contributed by atoms with van der Waals surface area (Å²) in [7, 11) is -3.41. The van der Waals surface area contributed by atoms with Crippen molar-refractivity contribution >= 4 is 28.2 Å². The van der Waals surface area contributed by atoms with Crippen molar-refractivity contribution in [3.8, 4) is 0 Å². The summed E-state index contributed by atoms with van der Waals surface area (Å²) in [6, 6.07) is 0.167. The average Bonchev–Trinajstić information content (AvgIpc) is 2.94. The van der Waals surface area contributed by atoms with E-state index in [0.29, 0.717) is 25.9 Å². The van der Waals surface area contributed by atoms with Gasteiger partial charge in [-0.15, -0.1) is 12.4 Å². The monoisotopic (exact) mass is 364 g/mol. The zero-order valence-corrected chi connectivity index (χ0v) is 15.5. The third kappa shape index (κ3) is 3.69. The van der Waals surface area contributed by atoms with Gasteiger partial charge in [-0.1, -0.05) is 19.3 Å². The molecule has 0 aromatic heterocycles. The lowest BCUT2D eigenvalue weighted by Crippen LogP contribution is -2.59. The molecule has 1 aliphatic heterocycles. The minimum Gasteiger partial charge on any atom is -0.352 e. The van der Waals surface area contributed by atoms with Crippen molar-refractivity contribution in [3.05, 3.63) is 0 Å². The lowest BCUT2D eigenvalue weighted by atomic mass is 9.79. The maximum atomic E-state index is 12.8. The van der Waals surface area contributed by atoms with Gasteiger partial charge in [0.25, 0.3) is 0 Å². The highest BCUT2D eigenvalue weighted by Crippen LogP contribution is 2.42. The van der Waals surface area contributed by atoms with Gasteiger partial charge in [0.05, 0.1) is 0 Å². The van der Waals surface area contributed by atoms with Crippen LogP contribution in [0.3, 0.4) is 0 Å². The number of hydrogen-bond donors (Lipinski definition) is 2. The van der Waals surface area contributed by atoms with Crippen LogP contribution in [0.25, 0.3) is 0 Å². The van der Waals surface area contributed by atoms with E-state index in [1.807, 2.05) is 0 Å². The molecule has 3 unspecified atom stereocenters. The van der Waals surface area contributed by atoms with Crippen molar-refractivity contribution in [1.82, 2.24) is 10.6 Å². The van der Waals surface area contributed by atoms with Crippen LogP contribution in [0.5, 0.6) is 0 Å². The highest BCUT2D eigenvalue weighted by atomic mass is 35.5. The Bertz CT molecular complexity index is 531. The van der Waals surface area contributed by atoms with E-state index in [9.17, 15) is 13.2 Å². The van der Waals surface area contributed by atoms with Gasteiger partial charge in [-0.25, -0.2) is 8.42 Å². The van der Waals surface area contributed by atoms with E-state index in [1.54, 1.807) is 0 Å². The molecule has 3 atom stereocenters. The highest BCUT2D eigenvalue weighted by molar-refractivity contribution is 7.92. The van der Waals surface area contributed by atoms with E-state index < -0.39 is 14.6 Å². The van der Waals surface area contributed by atoms with E-state index in [-0.39, 0.29) is 24.4 Å². The molecule has 0 aromatic carbocycles. The number of nitrogens with one attached hydrogen (secondary N) is 2. The Hall–Kier alpha value is -0.330. The third-order valence-corrected chi connectivity index (χ3v) is 8.17. The Morgan fingerprint density at radius 2 is 1.74 bits per heavy atom. The zero-order chi connectivity index (χ0) is 15.8. The first-order valence-electron chi connectivity index (χ1n) is 8.64. The zero-order valence-electron chi connectivity index (χ0n) is 13.8. The SMILES string of the molecule is CS(=O)(=O)C1(C(=O)NC2CCC3CCCC3C2)CCNCC1.Cl. The summed E-state index contributed by atoms with van der Waals surface area (Å²) in [5.41, 5.74) is 0. The summed E-state index contributed by atoms with van der Waals surface area (Å²) in [6.07, 6.45) is 9.14. The lowest BCUT2D eigenvalue weighted by Gasteiger charge is -2.38. The van der Waals surface area contributed by atoms with Gasteiger partial charge in [-0.3, -0.25) is 4.79 Å². The summed E-state index contributed by atoms with van der Waals surface area (Å²) < 4.78 is 23.4. The van der Waals surface area contributed by atoms with Crippen molar-refractivity contribution in [2.45, 2.75) is 62.2 Å². The molecule has 1 heterocycles. The first kappa shape index (κ1) is 19.0. The molecule has 3 aliphatic rings. The molecule has 5 nitrogen and oxygen atoms in total. The summed E-state index contributed by atoms with van der Waals surface area (Å²) in [5, 5.41) is 6.26. The van der Waals surface area contributed by atoms with Crippen molar-refractivity contribution in [3.63, 3.8) is 0 Å². The number of rotatable bonds is 3. The first-order chi connectivity index (χ1) is 10.4. The molecule has 2 aliphatic carbocycles. The van der Waals surface area contributed by atoms with Gasteiger partial charge >= 0.3 is 0 Å². The van der Waals surface area contributed by atoms with Crippen LogP contribution < -0.4 is 10.6 Å². The van der Waals surface area contributed by atoms with E-state index in [2.05, 4.69) is 10.6 Å². The largest absolute Gasteiger partial charge is 0.352 e. The molecule has 0 radical (unpaired) electrons. The fourth-order valence-corrected chi connectivity index (χ4v) is 6.09. The van der Waals surface area contributed by atoms with Crippen LogP contribution in [-0.4, -0.2) is 44.5 Å². The maximum absolute atomic E-state index is 12.8. The fourth-order valence-electron chi connectivity index (χ4n) is 4.75. The Labute approximate surface area is 145 Å². The van der Waals surface area contributed by atoms with Crippen LogP contribution in [0.4, 0.5) is 0 Å². The summed E-state index contributed by atoms with van der Waals surface area (Å²) >= 11 is 0. The number of carbonyl (C=O) groups excluding carboxylic acids is 1. The number of amides is 1. The topological polar surface area (TPSA) is 75.3 Å². The molecule has 0 bridgehead atoms. The summed E-state index contributed by atoms with van der Waals surface area (Å²) in [6.45, 7) is 1.19. The molecule has 2 N–H and O–H groups in total. The molecular formula is C16H29ClN2O3S. The molecule has 2 saturated carbocycles. The van der Waals surface area contributed by atoms with Gasteiger partial charge in [0.2, 0.25) is 5.91 Å². The smallest absolute Gasteiger partial charge is 0.241 e. The predicted molar refractivity (Wildman–Crippen MR) is 93.5 cm³/mol. The van der Waals surface area contributed by atoms with Crippen molar-refractivity contribution in [2.75, 3.05) is 19.3 Å². The summed E-state index contributed by atoms with van der Waals surface area (Å²) in [4.78, 5) is 12.8. The molecule has 3 rings (SSSR count). The van der Waals surface area contributed by atoms with Gasteiger partial charge in [0.15, 0.2) is 14.6 Å². The highest BCUT2D eigenvalue weighted by Gasteiger charge is 2.49. The molecule has 134 valence electrons. The van der Waals surface area contributed by atoms with Crippen molar-refractivity contribution in [2.24, 2.45) is 11.8 Å². The van der Waals surface area contributed by atoms with Crippen molar-refractivity contribution < 1.29 is 13.2 Å². The van der Waals surface area contributed by atoms with Crippen LogP contribution in [0.15, 0.2) is 0 Å². The van der Waals surface area contributed by atoms with Crippen LogP contribution in [0.2, 0.25) is 0 Å². The third-order valence-electron chi connectivity index (χ3n) is 6.16. The van der Waals surface area contributed by atoms with E-state index >= 15 is 0 Å². The number of piperidine rings is 1. The average molecular weight is 365 g/mol. The van der Waals surface area contributed by atoms with Gasteiger partial charge in [0, 0.05) is 12.3 Å². The van der Waals surface area contributed by atoms with Crippen LogP contribution in [0.1, 0.15) is 51.4 Å². The summed E-state index contributed by atoms with van der Waals surface area (Å²) in [5.74, 6) is 1.33. The van der Waals surface area contributed by atoms with E-state index in [1.165, 1.54) is 31.9 Å². The Kier molecular flexibility index (Phi) is 6.01. The van der Waals surface area contributed by atoms with Gasteiger partial charge in [-0.2, -0.15) is 0 Å².